The molecule has 2 rings (SSSR count). The van der Waals surface area contributed by atoms with Gasteiger partial charge in [0.1, 0.15) is 11.5 Å². The maximum absolute atomic E-state index is 5.40. The molecular formula is C17H20AcN2O2S. The molecule has 0 saturated carbocycles. The summed E-state index contributed by atoms with van der Waals surface area (Å²) in [4.78, 5) is 0. The van der Waals surface area contributed by atoms with Crippen LogP contribution in [-0.4, -0.2) is 18.3 Å². The van der Waals surface area contributed by atoms with Crippen LogP contribution in [0.15, 0.2) is 48.5 Å². The molecule has 119 valence electrons. The molecular weight excluding hydrogens is 523 g/mol. The van der Waals surface area contributed by atoms with E-state index in [1.165, 1.54) is 0 Å². The first-order chi connectivity index (χ1) is 10.7. The van der Waals surface area contributed by atoms with Crippen molar-refractivity contribution in [2.75, 3.05) is 23.8 Å². The average molecular weight is 543 g/mol. The quantitative estimate of drug-likeness (QED) is 0.533. The van der Waals surface area contributed by atoms with Crippen LogP contribution >= 0.6 is 12.2 Å². The van der Waals surface area contributed by atoms with Crippen molar-refractivity contribution in [2.24, 2.45) is 0 Å². The van der Waals surface area contributed by atoms with Crippen LogP contribution in [0.2, 0.25) is 0 Å². The molecule has 4 nitrogen and oxygen atoms in total. The second-order valence-corrected chi connectivity index (χ2v) is 4.90. The van der Waals surface area contributed by atoms with Gasteiger partial charge in [0.15, 0.2) is 5.11 Å². The fourth-order valence-corrected chi connectivity index (χ4v) is 2.13. The standard InChI is InChI=1S/C17H20N2O2S.Ac/c1-3-20-15-9-5-13(6-10-15)18-17(22)19-14-7-11-16(12-8-14)21-4-2;/h5-12H,3-4H2,1-2H3,(H2,18,19,22);. The fourth-order valence-electron chi connectivity index (χ4n) is 1.90. The van der Waals surface area contributed by atoms with Gasteiger partial charge in [-0.2, -0.15) is 0 Å². The summed E-state index contributed by atoms with van der Waals surface area (Å²) < 4.78 is 10.8. The molecule has 0 saturated heterocycles. The third kappa shape index (κ3) is 7.07. The minimum absolute atomic E-state index is 0. The van der Waals surface area contributed by atoms with Crippen LogP contribution in [0.25, 0.3) is 0 Å². The number of anilines is 2. The summed E-state index contributed by atoms with van der Waals surface area (Å²) in [6.07, 6.45) is 0. The molecule has 0 unspecified atom stereocenters. The number of hydrogen-bond donors (Lipinski definition) is 2. The molecule has 0 bridgehead atoms. The predicted molar refractivity (Wildman–Crippen MR) is 95.1 cm³/mol. The summed E-state index contributed by atoms with van der Waals surface area (Å²) in [7, 11) is 0. The van der Waals surface area contributed by atoms with Crippen molar-refractivity contribution >= 4 is 28.7 Å². The van der Waals surface area contributed by atoms with E-state index in [1.54, 1.807) is 0 Å². The Balaban J connectivity index is 0.00000264. The van der Waals surface area contributed by atoms with Crippen LogP contribution in [0.4, 0.5) is 11.4 Å². The van der Waals surface area contributed by atoms with Crippen molar-refractivity contribution in [3.05, 3.63) is 48.5 Å². The van der Waals surface area contributed by atoms with Crippen molar-refractivity contribution in [3.63, 3.8) is 0 Å². The van der Waals surface area contributed by atoms with Crippen molar-refractivity contribution in [1.82, 2.24) is 0 Å². The van der Waals surface area contributed by atoms with Gasteiger partial charge in [-0.05, 0) is 74.6 Å². The first-order valence-corrected chi connectivity index (χ1v) is 7.65. The molecule has 0 aliphatic rings. The van der Waals surface area contributed by atoms with Crippen LogP contribution in [-0.2, 0) is 0 Å². The van der Waals surface area contributed by atoms with Gasteiger partial charge < -0.3 is 20.1 Å². The monoisotopic (exact) mass is 543 g/mol. The zero-order chi connectivity index (χ0) is 15.8. The second kappa shape index (κ2) is 10.9. The molecule has 1 radical (unpaired) electrons. The molecule has 0 atom stereocenters. The van der Waals surface area contributed by atoms with Crippen LogP contribution in [0.5, 0.6) is 11.5 Å². The van der Waals surface area contributed by atoms with Crippen LogP contribution in [0.3, 0.4) is 0 Å². The van der Waals surface area contributed by atoms with E-state index in [4.69, 9.17) is 21.7 Å². The Bertz CT molecular complexity index is 549. The number of thiocarbonyl (C=S) groups is 1. The summed E-state index contributed by atoms with van der Waals surface area (Å²) in [6, 6.07) is 15.3. The van der Waals surface area contributed by atoms with Crippen molar-refractivity contribution in [2.45, 2.75) is 13.8 Å². The maximum atomic E-state index is 5.40. The van der Waals surface area contributed by atoms with Gasteiger partial charge in [-0.3, -0.25) is 0 Å². The van der Waals surface area contributed by atoms with E-state index in [9.17, 15) is 0 Å². The van der Waals surface area contributed by atoms with Crippen LogP contribution in [0.1, 0.15) is 13.8 Å². The van der Waals surface area contributed by atoms with Gasteiger partial charge in [-0.15, -0.1) is 0 Å². The van der Waals surface area contributed by atoms with Gasteiger partial charge >= 0.3 is 0 Å². The minimum Gasteiger partial charge on any atom is -0.494 e. The second-order valence-electron chi connectivity index (χ2n) is 4.49. The molecule has 2 aromatic carbocycles. The fraction of sp³-hybridized carbons (Fsp3) is 0.235. The van der Waals surface area contributed by atoms with Gasteiger partial charge in [0.05, 0.1) is 13.2 Å². The Morgan fingerprint density at radius 3 is 1.43 bits per heavy atom. The van der Waals surface area contributed by atoms with E-state index in [2.05, 4.69) is 10.6 Å². The Kier molecular flexibility index (Phi) is 9.54. The van der Waals surface area contributed by atoms with E-state index in [0.717, 1.165) is 22.9 Å². The molecule has 0 heterocycles. The molecule has 0 aliphatic heterocycles. The van der Waals surface area contributed by atoms with Crippen molar-refractivity contribution in [3.8, 4) is 11.5 Å². The average Bonchev–Trinajstić information content (AvgIpc) is 2.52. The van der Waals surface area contributed by atoms with Crippen LogP contribution in [0, 0.1) is 44.1 Å². The van der Waals surface area contributed by atoms with Gasteiger partial charge in [-0.1, -0.05) is 0 Å². The van der Waals surface area contributed by atoms with Crippen molar-refractivity contribution in [1.29, 1.82) is 0 Å². The maximum Gasteiger partial charge on any atom is 0.175 e. The largest absolute Gasteiger partial charge is 0.494 e. The van der Waals surface area contributed by atoms with E-state index in [1.807, 2.05) is 62.4 Å². The summed E-state index contributed by atoms with van der Waals surface area (Å²) in [5.74, 6) is 1.69. The molecule has 0 aromatic heterocycles. The van der Waals surface area contributed by atoms with E-state index in [0.29, 0.717) is 18.3 Å². The topological polar surface area (TPSA) is 42.5 Å². The number of hydrogen-bond acceptors (Lipinski definition) is 3. The molecule has 0 fully saturated rings. The first kappa shape index (κ1) is 20.2. The molecule has 6 heteroatoms. The van der Waals surface area contributed by atoms with Gasteiger partial charge in [0.25, 0.3) is 0 Å². The Hall–Kier alpha value is -0.828. The smallest absolute Gasteiger partial charge is 0.175 e. The SMILES string of the molecule is CCOc1ccc(NC(=S)Nc2ccc(OCC)cc2)cc1.[Ac]. The Morgan fingerprint density at radius 1 is 0.783 bits per heavy atom. The van der Waals surface area contributed by atoms with E-state index < -0.39 is 0 Å². The molecule has 23 heavy (non-hydrogen) atoms. The number of rotatable bonds is 6. The number of ether oxygens (including phenoxy) is 2. The summed E-state index contributed by atoms with van der Waals surface area (Å²) in [5.41, 5.74) is 1.82. The third-order valence-electron chi connectivity index (χ3n) is 2.85. The summed E-state index contributed by atoms with van der Waals surface area (Å²) >= 11 is 5.30. The summed E-state index contributed by atoms with van der Waals surface area (Å²) in [6.45, 7) is 5.24. The molecule has 2 aromatic rings. The molecule has 0 aliphatic carbocycles. The Labute approximate surface area is 178 Å². The normalized spacial score (nSPS) is 9.48. The van der Waals surface area contributed by atoms with Gasteiger partial charge in [0.2, 0.25) is 0 Å². The first-order valence-electron chi connectivity index (χ1n) is 7.25. The molecule has 0 amide bonds. The minimum atomic E-state index is 0. The van der Waals surface area contributed by atoms with Gasteiger partial charge in [-0.25, -0.2) is 0 Å². The number of nitrogens with one attached hydrogen (secondary N) is 2. The number of benzene rings is 2. The zero-order valence-electron chi connectivity index (χ0n) is 13.3. The van der Waals surface area contributed by atoms with Gasteiger partial charge in [0, 0.05) is 55.4 Å². The molecule has 2 N–H and O–H groups in total. The van der Waals surface area contributed by atoms with E-state index >= 15 is 0 Å². The zero-order valence-corrected chi connectivity index (χ0v) is 18.9. The van der Waals surface area contributed by atoms with E-state index in [-0.39, 0.29) is 44.1 Å². The summed E-state index contributed by atoms with van der Waals surface area (Å²) in [5, 5.41) is 6.80. The van der Waals surface area contributed by atoms with Crippen LogP contribution < -0.4 is 20.1 Å². The third-order valence-corrected chi connectivity index (χ3v) is 3.05. The molecule has 0 spiro atoms. The Morgan fingerprint density at radius 2 is 1.13 bits per heavy atom. The van der Waals surface area contributed by atoms with Crippen molar-refractivity contribution < 1.29 is 53.5 Å². The predicted octanol–water partition coefficient (Wildman–Crippen LogP) is 4.29.